The van der Waals surface area contributed by atoms with Gasteiger partial charge >= 0.3 is 5.97 Å². The fourth-order valence-corrected chi connectivity index (χ4v) is 1.83. The maximum atomic E-state index is 13.3. The lowest BCUT2D eigenvalue weighted by molar-refractivity contribution is -0.131. The van der Waals surface area contributed by atoms with E-state index in [0.717, 1.165) is 0 Å². The Morgan fingerprint density at radius 2 is 1.71 bits per heavy atom. The molecule has 5 nitrogen and oxygen atoms in total. The quantitative estimate of drug-likeness (QED) is 0.639. The van der Waals surface area contributed by atoms with E-state index in [1.54, 1.807) is 0 Å². The van der Waals surface area contributed by atoms with Crippen molar-refractivity contribution in [3.8, 4) is 0 Å². The second-order valence-electron chi connectivity index (χ2n) is 3.17. The zero-order valence-corrected chi connectivity index (χ0v) is 9.22. The van der Waals surface area contributed by atoms with Gasteiger partial charge in [-0.25, -0.2) is 22.0 Å². The fourth-order valence-electron chi connectivity index (χ4n) is 1.10. The lowest BCUT2D eigenvalue weighted by atomic mass is 10.1. The molecule has 0 saturated carbocycles. The maximum absolute atomic E-state index is 13.3. The minimum atomic E-state index is -3.99. The molecular formula is C9H6F2O5S. The van der Waals surface area contributed by atoms with Crippen LogP contribution in [0.1, 0.15) is 10.4 Å². The summed E-state index contributed by atoms with van der Waals surface area (Å²) in [4.78, 5) is 20.3. The van der Waals surface area contributed by atoms with E-state index in [9.17, 15) is 26.8 Å². The third-order valence-electron chi connectivity index (χ3n) is 1.86. The van der Waals surface area contributed by atoms with Crippen LogP contribution < -0.4 is 0 Å². The molecule has 0 heterocycles. The fraction of sp³-hybridized carbons (Fsp3) is 0.111. The molecule has 1 rings (SSSR count). The van der Waals surface area contributed by atoms with E-state index in [2.05, 4.69) is 0 Å². The summed E-state index contributed by atoms with van der Waals surface area (Å²) in [6.45, 7) is 0. The van der Waals surface area contributed by atoms with E-state index in [-0.39, 0.29) is 12.1 Å². The van der Waals surface area contributed by atoms with Gasteiger partial charge in [0.15, 0.2) is 9.84 Å². The first-order valence-corrected chi connectivity index (χ1v) is 6.00. The van der Waals surface area contributed by atoms with E-state index in [1.165, 1.54) is 0 Å². The molecule has 1 aromatic rings. The highest BCUT2D eigenvalue weighted by Gasteiger charge is 2.24. The van der Waals surface area contributed by atoms with Crippen molar-refractivity contribution in [2.24, 2.45) is 0 Å². The Balaban J connectivity index is 3.49. The highest BCUT2D eigenvalue weighted by Crippen LogP contribution is 2.19. The number of benzene rings is 1. The van der Waals surface area contributed by atoms with Crippen molar-refractivity contribution >= 4 is 21.6 Å². The summed E-state index contributed by atoms with van der Waals surface area (Å²) >= 11 is 0. The highest BCUT2D eigenvalue weighted by molar-refractivity contribution is 7.90. The molecule has 0 saturated heterocycles. The lowest BCUT2D eigenvalue weighted by Crippen LogP contribution is -2.16. The van der Waals surface area contributed by atoms with Gasteiger partial charge in [0.05, 0.1) is 5.56 Å². The number of halogens is 2. The normalized spacial score (nSPS) is 11.2. The molecule has 1 aromatic carbocycles. The summed E-state index contributed by atoms with van der Waals surface area (Å²) in [5.74, 6) is -6.39. The molecule has 8 heteroatoms. The Morgan fingerprint density at radius 1 is 1.18 bits per heavy atom. The van der Waals surface area contributed by atoms with E-state index >= 15 is 0 Å². The summed E-state index contributed by atoms with van der Waals surface area (Å²) in [5.41, 5.74) is -1.03. The second kappa shape index (κ2) is 4.21. The number of Topliss-reactive ketones (excluding diaryl/α,β-unsaturated/α-hetero) is 1. The van der Waals surface area contributed by atoms with Gasteiger partial charge in [-0.1, -0.05) is 0 Å². The molecule has 0 spiro atoms. The van der Waals surface area contributed by atoms with Crippen LogP contribution in [0.3, 0.4) is 0 Å². The maximum Gasteiger partial charge on any atom is 0.377 e. The van der Waals surface area contributed by atoms with Crippen molar-refractivity contribution in [2.75, 3.05) is 6.26 Å². The van der Waals surface area contributed by atoms with E-state index < -0.39 is 43.7 Å². The van der Waals surface area contributed by atoms with E-state index in [4.69, 9.17) is 5.11 Å². The largest absolute Gasteiger partial charge is 0.475 e. The third kappa shape index (κ3) is 2.64. The third-order valence-corrected chi connectivity index (χ3v) is 2.97. The van der Waals surface area contributed by atoms with Crippen LogP contribution in [-0.2, 0) is 14.6 Å². The number of aliphatic carboxylic acids is 1. The van der Waals surface area contributed by atoms with Gasteiger partial charge in [0.2, 0.25) is 0 Å². The summed E-state index contributed by atoms with van der Waals surface area (Å²) in [6.07, 6.45) is 0.656. The van der Waals surface area contributed by atoms with Crippen LogP contribution in [0.2, 0.25) is 0 Å². The average molecular weight is 264 g/mol. The minimum absolute atomic E-state index is 0.252. The first-order chi connectivity index (χ1) is 7.64. The molecule has 0 aliphatic rings. The van der Waals surface area contributed by atoms with Crippen LogP contribution in [0.25, 0.3) is 0 Å². The highest BCUT2D eigenvalue weighted by atomic mass is 32.2. The predicted octanol–water partition coefficient (Wildman–Crippen LogP) is 0.636. The van der Waals surface area contributed by atoms with Crippen LogP contribution >= 0.6 is 0 Å². The average Bonchev–Trinajstić information content (AvgIpc) is 2.18. The van der Waals surface area contributed by atoms with Gasteiger partial charge in [-0.2, -0.15) is 0 Å². The number of carboxylic acid groups (broad SMARTS) is 1. The standard InChI is InChI=1S/C9H6F2O5S/c1-17(15,16)7-3-5(10)4(2-6(7)11)8(12)9(13)14/h2-3H,1H3,(H,13,14). The topological polar surface area (TPSA) is 88.5 Å². The van der Waals surface area contributed by atoms with Gasteiger partial charge < -0.3 is 5.11 Å². The Kier molecular flexibility index (Phi) is 3.28. The molecule has 0 aliphatic heterocycles. The number of ketones is 1. The van der Waals surface area contributed by atoms with E-state index in [1.807, 2.05) is 0 Å². The zero-order chi connectivity index (χ0) is 13.4. The molecule has 0 bridgehead atoms. The van der Waals surface area contributed by atoms with Crippen LogP contribution in [0.4, 0.5) is 8.78 Å². The Bertz CT molecular complexity index is 606. The molecule has 1 N–H and O–H groups in total. The molecule has 0 amide bonds. The minimum Gasteiger partial charge on any atom is -0.475 e. The molecule has 0 aliphatic carbocycles. The summed E-state index contributed by atoms with van der Waals surface area (Å²) in [6, 6.07) is 0.531. The van der Waals surface area contributed by atoms with Crippen molar-refractivity contribution in [2.45, 2.75) is 4.90 Å². The predicted molar refractivity (Wildman–Crippen MR) is 51.4 cm³/mol. The van der Waals surface area contributed by atoms with Crippen LogP contribution in [0.15, 0.2) is 17.0 Å². The number of hydrogen-bond donors (Lipinski definition) is 1. The van der Waals surface area contributed by atoms with Crippen molar-refractivity contribution < 1.29 is 31.9 Å². The molecule has 0 radical (unpaired) electrons. The Labute approximate surface area is 94.6 Å². The van der Waals surface area contributed by atoms with Gasteiger partial charge in [-0.05, 0) is 12.1 Å². The number of carboxylic acids is 1. The number of rotatable bonds is 3. The van der Waals surface area contributed by atoms with Gasteiger partial charge in [0, 0.05) is 6.26 Å². The number of hydrogen-bond acceptors (Lipinski definition) is 4. The zero-order valence-electron chi connectivity index (χ0n) is 8.40. The van der Waals surface area contributed by atoms with Gasteiger partial charge in [-0.3, -0.25) is 4.79 Å². The van der Waals surface area contributed by atoms with Crippen molar-refractivity contribution in [3.05, 3.63) is 29.3 Å². The van der Waals surface area contributed by atoms with Crippen molar-refractivity contribution in [3.63, 3.8) is 0 Å². The van der Waals surface area contributed by atoms with Gasteiger partial charge in [-0.15, -0.1) is 0 Å². The number of carbonyl (C=O) groups excluding carboxylic acids is 1. The van der Waals surface area contributed by atoms with Gasteiger partial charge in [0.1, 0.15) is 16.5 Å². The monoisotopic (exact) mass is 264 g/mol. The first-order valence-electron chi connectivity index (χ1n) is 4.11. The SMILES string of the molecule is CS(=O)(=O)c1cc(F)c(C(=O)C(=O)O)cc1F. The van der Waals surface area contributed by atoms with Crippen LogP contribution in [0.5, 0.6) is 0 Å². The van der Waals surface area contributed by atoms with Gasteiger partial charge in [0.25, 0.3) is 5.78 Å². The summed E-state index contributed by atoms with van der Waals surface area (Å²) in [7, 11) is -3.99. The summed E-state index contributed by atoms with van der Waals surface area (Å²) in [5, 5.41) is 8.32. The van der Waals surface area contributed by atoms with Crippen molar-refractivity contribution in [1.29, 1.82) is 0 Å². The molecule has 0 unspecified atom stereocenters. The number of sulfone groups is 1. The van der Waals surface area contributed by atoms with Crippen LogP contribution in [-0.4, -0.2) is 31.5 Å². The first kappa shape index (κ1) is 13.2. The van der Waals surface area contributed by atoms with Crippen molar-refractivity contribution in [1.82, 2.24) is 0 Å². The second-order valence-corrected chi connectivity index (χ2v) is 5.15. The Hall–Kier alpha value is -1.83. The lowest BCUT2D eigenvalue weighted by Gasteiger charge is -2.04. The van der Waals surface area contributed by atoms with Crippen LogP contribution in [0, 0.1) is 11.6 Å². The molecule has 17 heavy (non-hydrogen) atoms. The number of carbonyl (C=O) groups is 2. The molecular weight excluding hydrogens is 258 g/mol. The smallest absolute Gasteiger partial charge is 0.377 e. The molecule has 0 fully saturated rings. The van der Waals surface area contributed by atoms with E-state index in [0.29, 0.717) is 6.26 Å². The molecule has 0 aromatic heterocycles. The molecule has 92 valence electrons. The Morgan fingerprint density at radius 3 is 2.12 bits per heavy atom. The summed E-state index contributed by atoms with van der Waals surface area (Å²) < 4.78 is 48.5. The molecule has 0 atom stereocenters.